The fourth-order valence-corrected chi connectivity index (χ4v) is 3.52. The van der Waals surface area contributed by atoms with E-state index in [0.717, 1.165) is 38.5 Å². The first kappa shape index (κ1) is 15.9. The van der Waals surface area contributed by atoms with Crippen molar-refractivity contribution in [2.75, 3.05) is 6.54 Å². The monoisotopic (exact) mass is 290 g/mol. The average molecular weight is 290 g/mol. The lowest BCUT2D eigenvalue weighted by Crippen LogP contribution is -2.51. The Kier molecular flexibility index (Phi) is 5.67. The molecule has 0 aromatic heterocycles. The molecule has 0 bridgehead atoms. The smallest absolute Gasteiger partial charge is 0.246 e. The Morgan fingerprint density at radius 2 is 2.05 bits per heavy atom. The van der Waals surface area contributed by atoms with Gasteiger partial charge >= 0.3 is 0 Å². The number of rotatable bonds is 4. The lowest BCUT2D eigenvalue weighted by Gasteiger charge is -2.33. The average Bonchev–Trinajstić information content (AvgIpc) is 2.65. The fourth-order valence-electron chi connectivity index (χ4n) is 3.52. The molecule has 116 valence electrons. The van der Waals surface area contributed by atoms with Crippen LogP contribution in [0.15, 0.2) is 0 Å². The first-order valence-electron chi connectivity index (χ1n) is 8.23. The highest BCUT2D eigenvalue weighted by Gasteiger charge is 2.37. The molecule has 4 nitrogen and oxygen atoms in total. The summed E-state index contributed by atoms with van der Waals surface area (Å²) in [6.45, 7) is 2.51. The van der Waals surface area contributed by atoms with Crippen LogP contribution in [-0.2, 0) is 9.59 Å². The first-order valence-corrected chi connectivity index (χ1v) is 8.23. The zero-order chi connectivity index (χ0) is 15.2. The molecule has 2 amide bonds. The largest absolute Gasteiger partial charge is 0.344 e. The van der Waals surface area contributed by atoms with Crippen molar-refractivity contribution in [3.63, 3.8) is 0 Å². The van der Waals surface area contributed by atoms with Gasteiger partial charge in [-0.15, -0.1) is 6.42 Å². The molecule has 1 saturated carbocycles. The Morgan fingerprint density at radius 3 is 2.67 bits per heavy atom. The molecule has 1 N–H and O–H groups in total. The number of hydrogen-bond acceptors (Lipinski definition) is 2. The van der Waals surface area contributed by atoms with Crippen LogP contribution in [0.4, 0.5) is 0 Å². The van der Waals surface area contributed by atoms with Crippen LogP contribution < -0.4 is 5.32 Å². The molecule has 1 heterocycles. The molecule has 1 aliphatic carbocycles. The van der Waals surface area contributed by atoms with Crippen LogP contribution >= 0.6 is 0 Å². The number of terminal acetylenes is 1. The van der Waals surface area contributed by atoms with Crippen molar-refractivity contribution in [3.05, 3.63) is 0 Å². The molecule has 2 fully saturated rings. The van der Waals surface area contributed by atoms with Crippen LogP contribution in [0, 0.1) is 18.3 Å². The Hall–Kier alpha value is -1.50. The van der Waals surface area contributed by atoms with Crippen molar-refractivity contribution in [2.24, 2.45) is 5.92 Å². The first-order chi connectivity index (χ1) is 10.2. The third-order valence-electron chi connectivity index (χ3n) is 4.70. The van der Waals surface area contributed by atoms with Crippen LogP contribution in [0.25, 0.3) is 0 Å². The molecule has 0 radical (unpaired) electrons. The Bertz CT molecular complexity index is 421. The number of carbonyl (C=O) groups is 2. The van der Waals surface area contributed by atoms with E-state index in [9.17, 15) is 9.59 Å². The molecule has 2 rings (SSSR count). The quantitative estimate of drug-likeness (QED) is 0.806. The molecule has 21 heavy (non-hydrogen) atoms. The van der Waals surface area contributed by atoms with Gasteiger partial charge in [0.25, 0.3) is 0 Å². The van der Waals surface area contributed by atoms with Crippen LogP contribution in [-0.4, -0.2) is 35.3 Å². The van der Waals surface area contributed by atoms with E-state index in [2.05, 4.69) is 18.2 Å². The molecular weight excluding hydrogens is 264 g/mol. The van der Waals surface area contributed by atoms with E-state index in [1.54, 1.807) is 4.90 Å². The molecule has 0 aromatic rings. The maximum absolute atomic E-state index is 12.9. The van der Waals surface area contributed by atoms with Gasteiger partial charge in [0.2, 0.25) is 11.8 Å². The second-order valence-electron chi connectivity index (χ2n) is 6.20. The summed E-state index contributed by atoms with van der Waals surface area (Å²) in [6, 6.07) is -0.547. The van der Waals surface area contributed by atoms with Gasteiger partial charge in [0.1, 0.15) is 6.04 Å². The summed E-state index contributed by atoms with van der Waals surface area (Å²) in [6.07, 6.45) is 13.3. The molecule has 0 spiro atoms. The number of nitrogens with one attached hydrogen (secondary N) is 1. The Balaban J connectivity index is 2.17. The van der Waals surface area contributed by atoms with Crippen molar-refractivity contribution < 1.29 is 9.59 Å². The van der Waals surface area contributed by atoms with Crippen LogP contribution in [0.1, 0.15) is 58.3 Å². The van der Waals surface area contributed by atoms with E-state index in [-0.39, 0.29) is 29.8 Å². The third kappa shape index (κ3) is 3.78. The maximum atomic E-state index is 12.9. The van der Waals surface area contributed by atoms with Gasteiger partial charge in [0.15, 0.2) is 0 Å². The van der Waals surface area contributed by atoms with Gasteiger partial charge in [-0.2, -0.15) is 0 Å². The number of amides is 2. The Labute approximate surface area is 127 Å². The lowest BCUT2D eigenvalue weighted by atomic mass is 9.83. The predicted molar refractivity (Wildman–Crippen MR) is 82.4 cm³/mol. The normalized spacial score (nSPS) is 25.9. The molecule has 4 heteroatoms. The summed E-state index contributed by atoms with van der Waals surface area (Å²) in [5.41, 5.74) is 0. The van der Waals surface area contributed by atoms with Gasteiger partial charge in [-0.25, -0.2) is 0 Å². The van der Waals surface area contributed by atoms with Gasteiger partial charge in [0, 0.05) is 13.0 Å². The topological polar surface area (TPSA) is 49.4 Å². The second kappa shape index (κ2) is 7.49. The van der Waals surface area contributed by atoms with Crippen LogP contribution in [0.2, 0.25) is 0 Å². The second-order valence-corrected chi connectivity index (χ2v) is 6.20. The molecule has 2 atom stereocenters. The van der Waals surface area contributed by atoms with Crippen molar-refractivity contribution in [3.8, 4) is 12.3 Å². The van der Waals surface area contributed by atoms with Crippen molar-refractivity contribution in [1.29, 1.82) is 0 Å². The molecule has 2 aliphatic rings. The van der Waals surface area contributed by atoms with Crippen molar-refractivity contribution in [1.82, 2.24) is 10.2 Å². The minimum absolute atomic E-state index is 0.0197. The third-order valence-corrected chi connectivity index (χ3v) is 4.70. The summed E-state index contributed by atoms with van der Waals surface area (Å²) >= 11 is 0. The van der Waals surface area contributed by atoms with E-state index in [1.807, 2.05) is 0 Å². The summed E-state index contributed by atoms with van der Waals surface area (Å²) in [4.78, 5) is 26.6. The van der Waals surface area contributed by atoms with E-state index in [4.69, 9.17) is 6.42 Å². The van der Waals surface area contributed by atoms with E-state index >= 15 is 0 Å². The van der Waals surface area contributed by atoms with Gasteiger partial charge < -0.3 is 10.2 Å². The molecule has 2 unspecified atom stereocenters. The zero-order valence-electron chi connectivity index (χ0n) is 12.9. The summed E-state index contributed by atoms with van der Waals surface area (Å²) in [7, 11) is 0. The molecular formula is C17H26N2O2. The summed E-state index contributed by atoms with van der Waals surface area (Å²) in [5.74, 6) is 3.02. The van der Waals surface area contributed by atoms with Gasteiger partial charge in [-0.1, -0.05) is 38.5 Å². The van der Waals surface area contributed by atoms with E-state index in [1.165, 1.54) is 6.42 Å². The maximum Gasteiger partial charge on any atom is 0.246 e. The SMILES string of the molecule is C#CC(CCC)N1CCC(=O)NC(C2CCCCC2)C1=O. The zero-order valence-corrected chi connectivity index (χ0v) is 12.9. The number of hydrogen-bond donors (Lipinski definition) is 1. The van der Waals surface area contributed by atoms with Crippen molar-refractivity contribution in [2.45, 2.75) is 70.4 Å². The number of nitrogens with zero attached hydrogens (tertiary/aromatic N) is 1. The standard InChI is InChI=1S/C17H26N2O2/c1-3-8-14(4-2)19-12-11-15(20)18-16(17(19)21)13-9-6-5-7-10-13/h2,13-14,16H,3,5-12H2,1H3,(H,18,20). The van der Waals surface area contributed by atoms with E-state index < -0.39 is 0 Å². The summed E-state index contributed by atoms with van der Waals surface area (Å²) < 4.78 is 0. The highest BCUT2D eigenvalue weighted by atomic mass is 16.2. The molecule has 1 saturated heterocycles. The van der Waals surface area contributed by atoms with Crippen LogP contribution in [0.5, 0.6) is 0 Å². The van der Waals surface area contributed by atoms with Gasteiger partial charge in [-0.3, -0.25) is 9.59 Å². The minimum Gasteiger partial charge on any atom is -0.344 e. The highest BCUT2D eigenvalue weighted by Crippen LogP contribution is 2.28. The lowest BCUT2D eigenvalue weighted by molar-refractivity contribution is -0.136. The van der Waals surface area contributed by atoms with Crippen LogP contribution in [0.3, 0.4) is 0 Å². The molecule has 1 aliphatic heterocycles. The molecule has 0 aromatic carbocycles. The van der Waals surface area contributed by atoms with Gasteiger partial charge in [-0.05, 0) is 25.2 Å². The summed E-state index contributed by atoms with van der Waals surface area (Å²) in [5, 5.41) is 2.95. The van der Waals surface area contributed by atoms with Crippen molar-refractivity contribution >= 4 is 11.8 Å². The minimum atomic E-state index is -0.368. The predicted octanol–water partition coefficient (Wildman–Crippen LogP) is 2.09. The highest BCUT2D eigenvalue weighted by molar-refractivity contribution is 5.90. The van der Waals surface area contributed by atoms with Gasteiger partial charge in [0.05, 0.1) is 6.04 Å². The van der Waals surface area contributed by atoms with E-state index in [0.29, 0.717) is 13.0 Å². The fraction of sp³-hybridized carbons (Fsp3) is 0.765. The number of carbonyl (C=O) groups excluding carboxylic acids is 2. The Morgan fingerprint density at radius 1 is 1.33 bits per heavy atom.